The van der Waals surface area contributed by atoms with Crippen LogP contribution < -0.4 is 5.32 Å². The Bertz CT molecular complexity index is 672. The molecule has 0 aliphatic carbocycles. The Kier molecular flexibility index (Phi) is 5.08. The Morgan fingerprint density at radius 2 is 2.14 bits per heavy atom. The fraction of sp³-hybridized carbons (Fsp3) is 0.214. The van der Waals surface area contributed by atoms with Gasteiger partial charge >= 0.3 is 5.97 Å². The highest BCUT2D eigenvalue weighted by Crippen LogP contribution is 2.34. The molecule has 2 N–H and O–H groups in total. The van der Waals surface area contributed by atoms with E-state index in [4.69, 9.17) is 27.6 Å². The molecule has 7 heteroatoms. The molecule has 1 heterocycles. The van der Waals surface area contributed by atoms with Crippen molar-refractivity contribution >= 4 is 46.6 Å². The quantitative estimate of drug-likeness (QED) is 0.758. The number of thioether (sulfide) groups is 1. The number of carboxylic acids is 1. The number of halogens is 2. The molecule has 2 aromatic rings. The van der Waals surface area contributed by atoms with Crippen molar-refractivity contribution in [2.45, 2.75) is 18.1 Å². The molecule has 1 aromatic heterocycles. The third-order valence-electron chi connectivity index (χ3n) is 2.90. The molecule has 0 radical (unpaired) electrons. The molecule has 0 aliphatic heterocycles. The Labute approximate surface area is 136 Å². The maximum atomic E-state index is 11.5. The van der Waals surface area contributed by atoms with Crippen LogP contribution in [-0.4, -0.2) is 17.3 Å². The summed E-state index contributed by atoms with van der Waals surface area (Å²) in [4.78, 5) is 11.5. The molecule has 21 heavy (non-hydrogen) atoms. The zero-order valence-electron chi connectivity index (χ0n) is 11.3. The first kappa shape index (κ1) is 16.1. The summed E-state index contributed by atoms with van der Waals surface area (Å²) in [6.07, 6.45) is 1.86. The molecule has 1 atom stereocenters. The molecule has 0 saturated carbocycles. The first-order chi connectivity index (χ1) is 9.93. The average molecular weight is 346 g/mol. The molecule has 0 fully saturated rings. The van der Waals surface area contributed by atoms with E-state index in [-0.39, 0.29) is 5.02 Å². The summed E-state index contributed by atoms with van der Waals surface area (Å²) in [7, 11) is 0. The number of anilines is 1. The van der Waals surface area contributed by atoms with Gasteiger partial charge in [-0.15, -0.1) is 0 Å². The average Bonchev–Trinajstić information content (AvgIpc) is 2.81. The van der Waals surface area contributed by atoms with Crippen molar-refractivity contribution in [3.63, 3.8) is 0 Å². The maximum Gasteiger partial charge on any atom is 0.334 e. The minimum Gasteiger partial charge on any atom is -0.479 e. The van der Waals surface area contributed by atoms with Gasteiger partial charge in [0.05, 0.1) is 15.7 Å². The van der Waals surface area contributed by atoms with Crippen LogP contribution >= 0.6 is 35.0 Å². The summed E-state index contributed by atoms with van der Waals surface area (Å²) in [5.41, 5.74) is 1.20. The summed E-state index contributed by atoms with van der Waals surface area (Å²) in [6.45, 7) is 1.80. The molecular weight excluding hydrogens is 333 g/mol. The van der Waals surface area contributed by atoms with E-state index in [1.54, 1.807) is 31.2 Å². The van der Waals surface area contributed by atoms with Gasteiger partial charge in [0.2, 0.25) is 0 Å². The van der Waals surface area contributed by atoms with Crippen LogP contribution in [0.4, 0.5) is 5.69 Å². The van der Waals surface area contributed by atoms with E-state index in [9.17, 15) is 9.90 Å². The predicted molar refractivity (Wildman–Crippen MR) is 85.7 cm³/mol. The molecular formula is C14H13Cl2NO3S. The first-order valence-corrected chi connectivity index (χ1v) is 7.99. The number of hydrogen-bond acceptors (Lipinski definition) is 4. The van der Waals surface area contributed by atoms with E-state index < -0.39 is 12.0 Å². The summed E-state index contributed by atoms with van der Waals surface area (Å²) in [5.74, 6) is -0.709. The van der Waals surface area contributed by atoms with Crippen molar-refractivity contribution in [2.24, 2.45) is 0 Å². The highest BCUT2D eigenvalue weighted by Gasteiger charge is 2.26. The second-order valence-corrected chi connectivity index (χ2v) is 5.93. The highest BCUT2D eigenvalue weighted by molar-refractivity contribution is 7.98. The number of carbonyl (C=O) groups is 1. The van der Waals surface area contributed by atoms with Crippen LogP contribution in [0.5, 0.6) is 0 Å². The zero-order valence-corrected chi connectivity index (χ0v) is 13.6. The van der Waals surface area contributed by atoms with Gasteiger partial charge in [-0.1, -0.05) is 41.0 Å². The zero-order chi connectivity index (χ0) is 15.6. The third-order valence-corrected chi connectivity index (χ3v) is 4.32. The first-order valence-electron chi connectivity index (χ1n) is 6.01. The molecule has 1 unspecified atom stereocenters. The molecule has 1 aromatic carbocycles. The van der Waals surface area contributed by atoms with Crippen molar-refractivity contribution in [1.82, 2.24) is 0 Å². The molecule has 2 rings (SSSR count). The summed E-state index contributed by atoms with van der Waals surface area (Å²) in [5, 5.41) is 13.6. The summed E-state index contributed by atoms with van der Waals surface area (Å²) >= 11 is 13.4. The molecule has 4 nitrogen and oxygen atoms in total. The van der Waals surface area contributed by atoms with Crippen LogP contribution in [0.15, 0.2) is 33.8 Å². The standard InChI is InChI=1S/C14H13Cl2NO3S/c1-7-6-10(21-2)20-13(7)12(14(18)19)17-9-5-3-4-8(15)11(9)16/h3-6,12,17H,1-2H3,(H,18,19). The van der Waals surface area contributed by atoms with Crippen LogP contribution in [0.3, 0.4) is 0 Å². The van der Waals surface area contributed by atoms with E-state index in [1.165, 1.54) is 11.8 Å². The van der Waals surface area contributed by atoms with Crippen molar-refractivity contribution in [2.75, 3.05) is 11.6 Å². The van der Waals surface area contributed by atoms with Crippen molar-refractivity contribution in [3.05, 3.63) is 45.6 Å². The second-order valence-electron chi connectivity index (χ2n) is 4.33. The van der Waals surface area contributed by atoms with Gasteiger partial charge in [0.1, 0.15) is 5.76 Å². The SMILES string of the molecule is CSc1cc(C)c(C(Nc2cccc(Cl)c2Cl)C(=O)O)o1. The van der Waals surface area contributed by atoms with E-state index >= 15 is 0 Å². The van der Waals surface area contributed by atoms with Crippen LogP contribution in [0.2, 0.25) is 10.0 Å². The Balaban J connectivity index is 2.38. The normalized spacial score (nSPS) is 12.2. The summed E-state index contributed by atoms with van der Waals surface area (Å²) < 4.78 is 5.57. The summed E-state index contributed by atoms with van der Waals surface area (Å²) in [6, 6.07) is 5.75. The van der Waals surface area contributed by atoms with E-state index in [0.717, 1.165) is 5.56 Å². The monoisotopic (exact) mass is 345 g/mol. The lowest BCUT2D eigenvalue weighted by atomic mass is 10.1. The Morgan fingerprint density at radius 1 is 1.43 bits per heavy atom. The van der Waals surface area contributed by atoms with Gasteiger partial charge in [-0.2, -0.15) is 0 Å². The number of carboxylic acid groups (broad SMARTS) is 1. The lowest BCUT2D eigenvalue weighted by Gasteiger charge is -2.16. The van der Waals surface area contributed by atoms with Crippen LogP contribution in [0, 0.1) is 6.92 Å². The number of hydrogen-bond donors (Lipinski definition) is 2. The third kappa shape index (κ3) is 3.48. The van der Waals surface area contributed by atoms with Gasteiger partial charge in [0.15, 0.2) is 11.1 Å². The van der Waals surface area contributed by atoms with Gasteiger partial charge in [-0.3, -0.25) is 0 Å². The van der Waals surface area contributed by atoms with Gasteiger partial charge in [-0.25, -0.2) is 4.79 Å². The number of nitrogens with one attached hydrogen (secondary N) is 1. The number of benzene rings is 1. The lowest BCUT2D eigenvalue weighted by molar-refractivity contribution is -0.138. The fourth-order valence-corrected chi connectivity index (χ4v) is 2.69. The highest BCUT2D eigenvalue weighted by atomic mass is 35.5. The molecule has 112 valence electrons. The van der Waals surface area contributed by atoms with Crippen LogP contribution in [0.25, 0.3) is 0 Å². The molecule has 0 spiro atoms. The molecule has 0 amide bonds. The fourth-order valence-electron chi connectivity index (χ4n) is 1.86. The van der Waals surface area contributed by atoms with Crippen molar-refractivity contribution in [1.29, 1.82) is 0 Å². The van der Waals surface area contributed by atoms with Gasteiger partial charge < -0.3 is 14.8 Å². The molecule has 0 saturated heterocycles. The lowest BCUT2D eigenvalue weighted by Crippen LogP contribution is -2.21. The number of aliphatic carboxylic acids is 1. The van der Waals surface area contributed by atoms with E-state index in [2.05, 4.69) is 5.32 Å². The maximum absolute atomic E-state index is 11.5. The second kappa shape index (κ2) is 6.64. The van der Waals surface area contributed by atoms with Gasteiger partial charge in [0.25, 0.3) is 0 Å². The van der Waals surface area contributed by atoms with E-state index in [0.29, 0.717) is 21.6 Å². The Hall–Kier alpha value is -1.30. The van der Waals surface area contributed by atoms with E-state index in [1.807, 2.05) is 6.26 Å². The van der Waals surface area contributed by atoms with Crippen molar-refractivity contribution < 1.29 is 14.3 Å². The Morgan fingerprint density at radius 3 is 2.71 bits per heavy atom. The van der Waals surface area contributed by atoms with Crippen LogP contribution in [-0.2, 0) is 4.79 Å². The number of furan rings is 1. The number of rotatable bonds is 5. The van der Waals surface area contributed by atoms with Crippen LogP contribution in [0.1, 0.15) is 17.4 Å². The molecule has 0 aliphatic rings. The number of aryl methyl sites for hydroxylation is 1. The predicted octanol–water partition coefficient (Wildman–Crippen LogP) is 4.85. The van der Waals surface area contributed by atoms with Crippen molar-refractivity contribution in [3.8, 4) is 0 Å². The molecule has 0 bridgehead atoms. The van der Waals surface area contributed by atoms with Gasteiger partial charge in [0, 0.05) is 0 Å². The minimum absolute atomic E-state index is 0.278. The van der Waals surface area contributed by atoms with Gasteiger partial charge in [-0.05, 0) is 36.9 Å². The largest absolute Gasteiger partial charge is 0.479 e. The topological polar surface area (TPSA) is 62.5 Å². The smallest absolute Gasteiger partial charge is 0.334 e. The minimum atomic E-state index is -1.06.